The quantitative estimate of drug-likeness (QED) is 0.736. The summed E-state index contributed by atoms with van der Waals surface area (Å²) in [5, 5.41) is 11.4. The van der Waals surface area contributed by atoms with Crippen molar-refractivity contribution < 1.29 is 19.4 Å². The highest BCUT2D eigenvalue weighted by atomic mass is 16.5. The molecule has 1 amide bonds. The summed E-state index contributed by atoms with van der Waals surface area (Å²) in [7, 11) is 0. The Labute approximate surface area is 138 Å². The van der Waals surface area contributed by atoms with E-state index in [0.717, 1.165) is 5.56 Å². The SMILES string of the molecule is Nc1ncc(C=CCNC(=O)OCc2ccccc2)nc1C(=O)O. The molecule has 24 heavy (non-hydrogen) atoms. The summed E-state index contributed by atoms with van der Waals surface area (Å²) in [6.45, 7) is 0.379. The molecule has 0 spiro atoms. The van der Waals surface area contributed by atoms with Crippen LogP contribution in [0.5, 0.6) is 0 Å². The largest absolute Gasteiger partial charge is 0.476 e. The molecule has 4 N–H and O–H groups in total. The monoisotopic (exact) mass is 328 g/mol. The molecule has 0 fully saturated rings. The number of anilines is 1. The first-order chi connectivity index (χ1) is 11.6. The summed E-state index contributed by atoms with van der Waals surface area (Å²) < 4.78 is 5.04. The van der Waals surface area contributed by atoms with Crippen LogP contribution in [0, 0.1) is 0 Å². The van der Waals surface area contributed by atoms with E-state index >= 15 is 0 Å². The number of carboxylic acid groups (broad SMARTS) is 1. The number of nitrogens with two attached hydrogens (primary N) is 1. The van der Waals surface area contributed by atoms with E-state index in [1.54, 1.807) is 6.08 Å². The Bertz CT molecular complexity index is 747. The summed E-state index contributed by atoms with van der Waals surface area (Å²) in [6, 6.07) is 9.31. The maximum absolute atomic E-state index is 11.5. The molecule has 0 bridgehead atoms. The van der Waals surface area contributed by atoms with Gasteiger partial charge in [-0.3, -0.25) is 0 Å². The predicted molar refractivity (Wildman–Crippen MR) is 87.1 cm³/mol. The molecule has 0 atom stereocenters. The number of aromatic carboxylic acids is 1. The molecule has 0 saturated heterocycles. The van der Waals surface area contributed by atoms with Crippen LogP contribution in [0.25, 0.3) is 6.08 Å². The van der Waals surface area contributed by atoms with Gasteiger partial charge in [-0.2, -0.15) is 0 Å². The number of nitrogens with one attached hydrogen (secondary N) is 1. The minimum atomic E-state index is -1.25. The van der Waals surface area contributed by atoms with E-state index in [4.69, 9.17) is 15.6 Å². The zero-order chi connectivity index (χ0) is 17.4. The lowest BCUT2D eigenvalue weighted by molar-refractivity contribution is 0.0691. The zero-order valence-electron chi connectivity index (χ0n) is 12.7. The van der Waals surface area contributed by atoms with Gasteiger partial charge in [-0.15, -0.1) is 0 Å². The summed E-state index contributed by atoms with van der Waals surface area (Å²) >= 11 is 0. The molecule has 124 valence electrons. The Morgan fingerprint density at radius 1 is 1.29 bits per heavy atom. The molecule has 8 heteroatoms. The highest BCUT2D eigenvalue weighted by molar-refractivity contribution is 5.90. The maximum atomic E-state index is 11.5. The molecule has 1 heterocycles. The van der Waals surface area contributed by atoms with Gasteiger partial charge in [-0.25, -0.2) is 19.6 Å². The highest BCUT2D eigenvalue weighted by Crippen LogP contribution is 2.07. The van der Waals surface area contributed by atoms with E-state index in [0.29, 0.717) is 5.69 Å². The first kappa shape index (κ1) is 16.9. The molecule has 2 rings (SSSR count). The number of hydrogen-bond donors (Lipinski definition) is 3. The van der Waals surface area contributed by atoms with Crippen LogP contribution in [0.1, 0.15) is 21.7 Å². The number of amides is 1. The number of nitrogen functional groups attached to an aromatic ring is 1. The fourth-order valence-electron chi connectivity index (χ4n) is 1.75. The Morgan fingerprint density at radius 3 is 2.75 bits per heavy atom. The second-order valence-corrected chi connectivity index (χ2v) is 4.68. The standard InChI is InChI=1S/C16H16N4O4/c17-14-13(15(21)22)20-12(9-19-14)7-4-8-18-16(23)24-10-11-5-2-1-3-6-11/h1-7,9H,8,10H2,(H2,17,19)(H,18,23)(H,21,22). The molecule has 1 aromatic heterocycles. The lowest BCUT2D eigenvalue weighted by Crippen LogP contribution is -2.24. The molecule has 1 aromatic carbocycles. The van der Waals surface area contributed by atoms with Crippen LogP contribution in [0.3, 0.4) is 0 Å². The molecule has 2 aromatic rings. The fraction of sp³-hybridized carbons (Fsp3) is 0.125. The highest BCUT2D eigenvalue weighted by Gasteiger charge is 2.10. The summed E-state index contributed by atoms with van der Waals surface area (Å²) in [4.78, 5) is 30.0. The van der Waals surface area contributed by atoms with Crippen LogP contribution in [-0.2, 0) is 11.3 Å². The van der Waals surface area contributed by atoms with Crippen molar-refractivity contribution in [2.75, 3.05) is 12.3 Å². The minimum absolute atomic E-state index is 0.151. The maximum Gasteiger partial charge on any atom is 0.407 e. The fourth-order valence-corrected chi connectivity index (χ4v) is 1.75. The van der Waals surface area contributed by atoms with Crippen molar-refractivity contribution in [3.8, 4) is 0 Å². The van der Waals surface area contributed by atoms with Crippen molar-refractivity contribution in [3.05, 3.63) is 59.6 Å². The van der Waals surface area contributed by atoms with Gasteiger partial charge in [0.1, 0.15) is 6.61 Å². The Balaban J connectivity index is 1.79. The molecular formula is C16H16N4O4. The normalized spacial score (nSPS) is 10.5. The van der Waals surface area contributed by atoms with Crippen LogP contribution < -0.4 is 11.1 Å². The van der Waals surface area contributed by atoms with Crippen molar-refractivity contribution in [1.82, 2.24) is 15.3 Å². The topological polar surface area (TPSA) is 127 Å². The number of rotatable bonds is 6. The Morgan fingerprint density at radius 2 is 2.04 bits per heavy atom. The van der Waals surface area contributed by atoms with Crippen LogP contribution in [0.15, 0.2) is 42.6 Å². The number of ether oxygens (including phenoxy) is 1. The van der Waals surface area contributed by atoms with Crippen LogP contribution in [0.4, 0.5) is 10.6 Å². The van der Waals surface area contributed by atoms with Crippen LogP contribution in [-0.4, -0.2) is 33.7 Å². The second-order valence-electron chi connectivity index (χ2n) is 4.68. The van der Waals surface area contributed by atoms with Crippen molar-refractivity contribution in [1.29, 1.82) is 0 Å². The smallest absolute Gasteiger partial charge is 0.407 e. The van der Waals surface area contributed by atoms with Crippen molar-refractivity contribution >= 4 is 24.0 Å². The zero-order valence-corrected chi connectivity index (χ0v) is 12.7. The number of benzene rings is 1. The van der Waals surface area contributed by atoms with E-state index < -0.39 is 12.1 Å². The molecule has 0 unspecified atom stereocenters. The van der Waals surface area contributed by atoms with E-state index in [-0.39, 0.29) is 24.7 Å². The van der Waals surface area contributed by atoms with Gasteiger partial charge in [0.25, 0.3) is 0 Å². The lowest BCUT2D eigenvalue weighted by Gasteiger charge is -2.05. The van der Waals surface area contributed by atoms with Gasteiger partial charge >= 0.3 is 12.1 Å². The van der Waals surface area contributed by atoms with Crippen LogP contribution >= 0.6 is 0 Å². The summed E-state index contributed by atoms with van der Waals surface area (Å²) in [6.07, 6.45) is 3.90. The van der Waals surface area contributed by atoms with Gasteiger partial charge < -0.3 is 20.9 Å². The average Bonchev–Trinajstić information content (AvgIpc) is 2.59. The summed E-state index contributed by atoms with van der Waals surface area (Å²) in [5.74, 6) is -1.40. The molecule has 0 aliphatic heterocycles. The third kappa shape index (κ3) is 5.09. The lowest BCUT2D eigenvalue weighted by atomic mass is 10.2. The predicted octanol–water partition coefficient (Wildman–Crippen LogP) is 1.70. The van der Waals surface area contributed by atoms with Gasteiger partial charge in [0.15, 0.2) is 11.5 Å². The third-order valence-electron chi connectivity index (χ3n) is 2.89. The number of alkyl carbamates (subject to hydrolysis) is 1. The van der Waals surface area contributed by atoms with Gasteiger partial charge in [0, 0.05) is 6.54 Å². The third-order valence-corrected chi connectivity index (χ3v) is 2.89. The molecule has 0 aliphatic carbocycles. The van der Waals surface area contributed by atoms with Gasteiger partial charge in [-0.05, 0) is 11.6 Å². The van der Waals surface area contributed by atoms with Crippen LogP contribution in [0.2, 0.25) is 0 Å². The first-order valence-corrected chi connectivity index (χ1v) is 7.03. The van der Waals surface area contributed by atoms with Gasteiger partial charge in [0.05, 0.1) is 11.9 Å². The van der Waals surface area contributed by atoms with Gasteiger partial charge in [0.2, 0.25) is 0 Å². The number of aromatic nitrogens is 2. The number of carbonyl (C=O) groups excluding carboxylic acids is 1. The number of hydrogen-bond acceptors (Lipinski definition) is 6. The van der Waals surface area contributed by atoms with E-state index in [1.807, 2.05) is 30.3 Å². The van der Waals surface area contributed by atoms with Crippen molar-refractivity contribution in [2.45, 2.75) is 6.61 Å². The summed E-state index contributed by atoms with van der Waals surface area (Å²) in [5.41, 5.74) is 6.31. The number of carboxylic acids is 1. The molecule has 8 nitrogen and oxygen atoms in total. The van der Waals surface area contributed by atoms with Gasteiger partial charge in [-0.1, -0.05) is 36.4 Å². The average molecular weight is 328 g/mol. The molecule has 0 aliphatic rings. The minimum Gasteiger partial charge on any atom is -0.476 e. The van der Waals surface area contributed by atoms with E-state index in [9.17, 15) is 9.59 Å². The van der Waals surface area contributed by atoms with E-state index in [1.165, 1.54) is 12.3 Å². The second kappa shape index (κ2) is 8.28. The number of carbonyl (C=O) groups is 2. The molecular weight excluding hydrogens is 312 g/mol. The Kier molecular flexibility index (Phi) is 5.84. The van der Waals surface area contributed by atoms with E-state index in [2.05, 4.69) is 15.3 Å². The van der Waals surface area contributed by atoms with Crippen molar-refractivity contribution in [2.24, 2.45) is 0 Å². The first-order valence-electron chi connectivity index (χ1n) is 7.03. The molecule has 0 saturated carbocycles. The molecule has 0 radical (unpaired) electrons. The Hall–Kier alpha value is -3.42. The van der Waals surface area contributed by atoms with Crippen molar-refractivity contribution in [3.63, 3.8) is 0 Å². The number of nitrogens with zero attached hydrogens (tertiary/aromatic N) is 2.